The fourth-order valence-corrected chi connectivity index (χ4v) is 1.41. The molecule has 3 heteroatoms. The molecule has 13 heavy (non-hydrogen) atoms. The van der Waals surface area contributed by atoms with E-state index < -0.39 is 0 Å². The van der Waals surface area contributed by atoms with Crippen LogP contribution in [-0.2, 0) is 0 Å². The van der Waals surface area contributed by atoms with Crippen molar-refractivity contribution in [3.05, 3.63) is 23.2 Å². The second-order valence-corrected chi connectivity index (χ2v) is 3.16. The van der Waals surface area contributed by atoms with Gasteiger partial charge in [-0.25, -0.2) is 0 Å². The van der Waals surface area contributed by atoms with Gasteiger partial charge in [-0.15, -0.1) is 0 Å². The summed E-state index contributed by atoms with van der Waals surface area (Å²) in [5, 5.41) is 7.16. The quantitative estimate of drug-likeness (QED) is 0.777. The second-order valence-electron chi connectivity index (χ2n) is 2.76. The Kier molecular flexibility index (Phi) is 3.90. The van der Waals surface area contributed by atoms with Gasteiger partial charge < -0.3 is 10.6 Å². The standard InChI is InChI=1S/C10H15ClN2/c1-3-12-8-5-6-10(13-4-2)9(11)7-8/h5-7,12-13H,3-4H2,1-2H3. The van der Waals surface area contributed by atoms with E-state index in [1.165, 1.54) is 0 Å². The van der Waals surface area contributed by atoms with Crippen molar-refractivity contribution in [1.29, 1.82) is 0 Å². The predicted molar refractivity (Wildman–Crippen MR) is 59.8 cm³/mol. The Bertz CT molecular complexity index is 274. The summed E-state index contributed by atoms with van der Waals surface area (Å²) in [4.78, 5) is 0. The SMILES string of the molecule is CCNc1ccc(NCC)c(Cl)c1. The van der Waals surface area contributed by atoms with E-state index in [1.807, 2.05) is 18.2 Å². The van der Waals surface area contributed by atoms with Gasteiger partial charge in [0.25, 0.3) is 0 Å². The Balaban J connectivity index is 2.79. The van der Waals surface area contributed by atoms with Crippen LogP contribution in [0.2, 0.25) is 5.02 Å². The minimum absolute atomic E-state index is 0.764. The average molecular weight is 199 g/mol. The summed E-state index contributed by atoms with van der Waals surface area (Å²) in [6.07, 6.45) is 0. The first-order valence-electron chi connectivity index (χ1n) is 4.55. The van der Waals surface area contributed by atoms with Crippen LogP contribution in [0.15, 0.2) is 18.2 Å². The van der Waals surface area contributed by atoms with Crippen molar-refractivity contribution in [2.45, 2.75) is 13.8 Å². The summed E-state index contributed by atoms with van der Waals surface area (Å²) < 4.78 is 0. The zero-order chi connectivity index (χ0) is 9.68. The normalized spacial score (nSPS) is 9.77. The van der Waals surface area contributed by atoms with E-state index in [-0.39, 0.29) is 0 Å². The Labute approximate surface area is 84.3 Å². The molecule has 0 aliphatic heterocycles. The molecule has 0 saturated heterocycles. The molecule has 2 nitrogen and oxygen atoms in total. The zero-order valence-corrected chi connectivity index (χ0v) is 8.78. The molecule has 0 radical (unpaired) electrons. The van der Waals surface area contributed by atoms with Gasteiger partial charge in [-0.05, 0) is 32.0 Å². The highest BCUT2D eigenvalue weighted by atomic mass is 35.5. The highest BCUT2D eigenvalue weighted by Crippen LogP contribution is 2.25. The van der Waals surface area contributed by atoms with E-state index in [4.69, 9.17) is 11.6 Å². The van der Waals surface area contributed by atoms with Crippen LogP contribution in [0.1, 0.15) is 13.8 Å². The van der Waals surface area contributed by atoms with Gasteiger partial charge >= 0.3 is 0 Å². The zero-order valence-electron chi connectivity index (χ0n) is 8.02. The third kappa shape index (κ3) is 2.81. The maximum atomic E-state index is 6.04. The highest BCUT2D eigenvalue weighted by Gasteiger charge is 1.99. The molecule has 0 spiro atoms. The molecule has 0 atom stereocenters. The summed E-state index contributed by atoms with van der Waals surface area (Å²) in [6.45, 7) is 5.91. The first-order chi connectivity index (χ1) is 6.27. The maximum absolute atomic E-state index is 6.04. The average Bonchev–Trinajstić information content (AvgIpc) is 2.10. The van der Waals surface area contributed by atoms with Crippen LogP contribution < -0.4 is 10.6 Å². The lowest BCUT2D eigenvalue weighted by Gasteiger charge is -2.08. The molecular weight excluding hydrogens is 184 g/mol. The summed E-state index contributed by atoms with van der Waals surface area (Å²) in [5.74, 6) is 0. The van der Waals surface area contributed by atoms with E-state index in [0.29, 0.717) is 0 Å². The van der Waals surface area contributed by atoms with Crippen LogP contribution in [0.25, 0.3) is 0 Å². The highest BCUT2D eigenvalue weighted by molar-refractivity contribution is 6.33. The molecule has 0 aliphatic rings. The molecule has 0 bridgehead atoms. The van der Waals surface area contributed by atoms with Gasteiger partial charge in [0.05, 0.1) is 10.7 Å². The van der Waals surface area contributed by atoms with Crippen molar-refractivity contribution in [3.63, 3.8) is 0 Å². The summed E-state index contributed by atoms with van der Waals surface area (Å²) >= 11 is 6.04. The molecule has 1 aromatic carbocycles. The topological polar surface area (TPSA) is 24.1 Å². The molecule has 0 amide bonds. The largest absolute Gasteiger partial charge is 0.385 e. The molecule has 0 saturated carbocycles. The molecule has 1 rings (SSSR count). The number of anilines is 2. The smallest absolute Gasteiger partial charge is 0.0658 e. The van der Waals surface area contributed by atoms with Crippen LogP contribution >= 0.6 is 11.6 Å². The van der Waals surface area contributed by atoms with Crippen molar-refractivity contribution in [2.24, 2.45) is 0 Å². The van der Waals surface area contributed by atoms with Crippen LogP contribution in [0.3, 0.4) is 0 Å². The predicted octanol–water partition coefficient (Wildman–Crippen LogP) is 3.20. The Morgan fingerprint density at radius 3 is 2.38 bits per heavy atom. The molecule has 0 aliphatic carbocycles. The molecule has 0 aromatic heterocycles. The fourth-order valence-electron chi connectivity index (χ4n) is 1.16. The number of nitrogens with one attached hydrogen (secondary N) is 2. The van der Waals surface area contributed by atoms with Gasteiger partial charge in [0, 0.05) is 18.8 Å². The van der Waals surface area contributed by atoms with Crippen molar-refractivity contribution in [3.8, 4) is 0 Å². The number of hydrogen-bond acceptors (Lipinski definition) is 2. The third-order valence-electron chi connectivity index (χ3n) is 1.72. The molecule has 2 N–H and O–H groups in total. The molecular formula is C10H15ClN2. The van der Waals surface area contributed by atoms with E-state index >= 15 is 0 Å². The first kappa shape index (κ1) is 10.2. The summed E-state index contributed by atoms with van der Waals surface area (Å²) in [5.41, 5.74) is 2.06. The van der Waals surface area contributed by atoms with Crippen molar-refractivity contribution in [2.75, 3.05) is 23.7 Å². The van der Waals surface area contributed by atoms with Gasteiger partial charge in [0.1, 0.15) is 0 Å². The number of hydrogen-bond donors (Lipinski definition) is 2. The molecule has 0 unspecified atom stereocenters. The number of benzene rings is 1. The third-order valence-corrected chi connectivity index (χ3v) is 2.03. The first-order valence-corrected chi connectivity index (χ1v) is 4.93. The van der Waals surface area contributed by atoms with Gasteiger partial charge in [-0.1, -0.05) is 11.6 Å². The number of halogens is 1. The van der Waals surface area contributed by atoms with Crippen molar-refractivity contribution < 1.29 is 0 Å². The fraction of sp³-hybridized carbons (Fsp3) is 0.400. The molecule has 0 fully saturated rings. The van der Waals surface area contributed by atoms with Crippen LogP contribution in [0.5, 0.6) is 0 Å². The van der Waals surface area contributed by atoms with Crippen LogP contribution in [0, 0.1) is 0 Å². The molecule has 0 heterocycles. The van der Waals surface area contributed by atoms with E-state index in [2.05, 4.69) is 24.5 Å². The van der Waals surface area contributed by atoms with Gasteiger partial charge in [-0.2, -0.15) is 0 Å². The molecule has 1 aromatic rings. The Morgan fingerprint density at radius 1 is 1.15 bits per heavy atom. The number of rotatable bonds is 4. The van der Waals surface area contributed by atoms with Gasteiger partial charge in [0.2, 0.25) is 0 Å². The molecule has 72 valence electrons. The monoisotopic (exact) mass is 198 g/mol. The van der Waals surface area contributed by atoms with Crippen LogP contribution in [-0.4, -0.2) is 13.1 Å². The van der Waals surface area contributed by atoms with Crippen molar-refractivity contribution >= 4 is 23.0 Å². The summed E-state index contributed by atoms with van der Waals surface area (Å²) in [7, 11) is 0. The minimum atomic E-state index is 0.764. The Hall–Kier alpha value is -0.890. The second kappa shape index (κ2) is 4.97. The van der Waals surface area contributed by atoms with Crippen molar-refractivity contribution in [1.82, 2.24) is 0 Å². The van der Waals surface area contributed by atoms with Gasteiger partial charge in [-0.3, -0.25) is 0 Å². The lowest BCUT2D eigenvalue weighted by molar-refractivity contribution is 1.20. The minimum Gasteiger partial charge on any atom is -0.385 e. The van der Waals surface area contributed by atoms with Gasteiger partial charge in [0.15, 0.2) is 0 Å². The Morgan fingerprint density at radius 2 is 1.85 bits per heavy atom. The van der Waals surface area contributed by atoms with Crippen LogP contribution in [0.4, 0.5) is 11.4 Å². The lowest BCUT2D eigenvalue weighted by atomic mass is 10.2. The van der Waals surface area contributed by atoms with E-state index in [9.17, 15) is 0 Å². The van der Waals surface area contributed by atoms with E-state index in [0.717, 1.165) is 29.5 Å². The van der Waals surface area contributed by atoms with E-state index in [1.54, 1.807) is 0 Å². The maximum Gasteiger partial charge on any atom is 0.0658 e. The summed E-state index contributed by atoms with van der Waals surface area (Å²) in [6, 6.07) is 5.94. The lowest BCUT2D eigenvalue weighted by Crippen LogP contribution is -1.99.